The van der Waals surface area contributed by atoms with Crippen LogP contribution in [-0.4, -0.2) is 31.4 Å². The van der Waals surface area contributed by atoms with Gasteiger partial charge in [-0.2, -0.15) is 0 Å². The molecule has 0 aromatic heterocycles. The van der Waals surface area contributed by atoms with Gasteiger partial charge in [0.05, 0.1) is 13.7 Å². The Hall–Kier alpha value is -2.33. The Morgan fingerprint density at radius 2 is 2.10 bits per heavy atom. The second-order valence-electron chi connectivity index (χ2n) is 5.38. The number of benzene rings is 1. The number of carbonyl (C=O) groups is 1. The lowest BCUT2D eigenvalue weighted by Gasteiger charge is -2.20. The Morgan fingerprint density at radius 3 is 2.67 bits per heavy atom. The van der Waals surface area contributed by atoms with Crippen molar-refractivity contribution >= 4 is 17.9 Å². The molecule has 0 aliphatic heterocycles. The van der Waals surface area contributed by atoms with Crippen LogP contribution in [0.3, 0.4) is 0 Å². The number of ether oxygens (including phenoxy) is 2. The standard InChI is InChI=1S/C15H20N2O4/c1-15(2,3)21-14(19)17-12-5-6-13(20-4)11(9-12)7-8-16-10-18/h5-6,9H,7-8H2,1-4H3,(H,17,19). The van der Waals surface area contributed by atoms with E-state index < -0.39 is 11.7 Å². The van der Waals surface area contributed by atoms with E-state index in [1.807, 2.05) is 0 Å². The molecular formula is C15H20N2O4. The number of nitrogens with zero attached hydrogens (tertiary/aromatic N) is 1. The van der Waals surface area contributed by atoms with E-state index in [0.29, 0.717) is 24.4 Å². The monoisotopic (exact) mass is 292 g/mol. The number of nitrogens with one attached hydrogen (secondary N) is 1. The van der Waals surface area contributed by atoms with Crippen molar-refractivity contribution in [1.29, 1.82) is 0 Å². The summed E-state index contributed by atoms with van der Waals surface area (Å²) < 4.78 is 10.4. The van der Waals surface area contributed by atoms with Crippen LogP contribution in [0.1, 0.15) is 26.3 Å². The molecule has 114 valence electrons. The average Bonchev–Trinajstić information content (AvgIpc) is 2.37. The first-order valence-electron chi connectivity index (χ1n) is 6.56. The van der Waals surface area contributed by atoms with Crippen molar-refractivity contribution in [1.82, 2.24) is 0 Å². The van der Waals surface area contributed by atoms with Gasteiger partial charge in [0, 0.05) is 5.69 Å². The Bertz CT molecular complexity index is 543. The quantitative estimate of drug-likeness (QED) is 0.668. The predicted molar refractivity (Wildman–Crippen MR) is 79.5 cm³/mol. The lowest BCUT2D eigenvalue weighted by Crippen LogP contribution is -2.27. The summed E-state index contributed by atoms with van der Waals surface area (Å²) in [6.07, 6.45) is 1.48. The van der Waals surface area contributed by atoms with E-state index in [9.17, 15) is 9.59 Å². The number of aliphatic imine (C=N–C) groups is 1. The minimum absolute atomic E-state index is 0.315. The Balaban J connectivity index is 2.81. The molecule has 0 aliphatic carbocycles. The van der Waals surface area contributed by atoms with Crippen molar-refractivity contribution in [2.75, 3.05) is 19.0 Å². The van der Waals surface area contributed by atoms with Gasteiger partial charge in [0.2, 0.25) is 6.08 Å². The van der Waals surface area contributed by atoms with E-state index in [-0.39, 0.29) is 0 Å². The highest BCUT2D eigenvalue weighted by molar-refractivity contribution is 5.85. The molecule has 0 fully saturated rings. The number of methoxy groups -OCH3 is 1. The molecule has 0 atom stereocenters. The van der Waals surface area contributed by atoms with Crippen molar-refractivity contribution in [3.63, 3.8) is 0 Å². The number of anilines is 1. The highest BCUT2D eigenvalue weighted by atomic mass is 16.6. The van der Waals surface area contributed by atoms with Crippen LogP contribution in [0.15, 0.2) is 23.2 Å². The molecule has 0 radical (unpaired) electrons. The van der Waals surface area contributed by atoms with E-state index in [0.717, 1.165) is 5.56 Å². The summed E-state index contributed by atoms with van der Waals surface area (Å²) in [5.74, 6) is 0.672. The van der Waals surface area contributed by atoms with Crippen LogP contribution in [0.5, 0.6) is 5.75 Å². The van der Waals surface area contributed by atoms with Crippen LogP contribution >= 0.6 is 0 Å². The number of hydrogen-bond acceptors (Lipinski definition) is 5. The second kappa shape index (κ2) is 7.45. The van der Waals surface area contributed by atoms with Gasteiger partial charge in [-0.1, -0.05) is 0 Å². The molecular weight excluding hydrogens is 272 g/mol. The average molecular weight is 292 g/mol. The molecule has 0 aliphatic rings. The first-order chi connectivity index (χ1) is 9.85. The highest BCUT2D eigenvalue weighted by Gasteiger charge is 2.16. The van der Waals surface area contributed by atoms with E-state index >= 15 is 0 Å². The Labute approximate surface area is 124 Å². The van der Waals surface area contributed by atoms with Gasteiger partial charge in [-0.25, -0.2) is 14.6 Å². The van der Waals surface area contributed by atoms with Gasteiger partial charge in [-0.3, -0.25) is 5.32 Å². The first-order valence-corrected chi connectivity index (χ1v) is 6.56. The minimum atomic E-state index is -0.557. The summed E-state index contributed by atoms with van der Waals surface area (Å²) in [6, 6.07) is 5.23. The van der Waals surface area contributed by atoms with Crippen LogP contribution in [-0.2, 0) is 16.0 Å². The van der Waals surface area contributed by atoms with Gasteiger partial charge in [0.1, 0.15) is 11.4 Å². The van der Waals surface area contributed by atoms with Crippen LogP contribution in [0.2, 0.25) is 0 Å². The highest BCUT2D eigenvalue weighted by Crippen LogP contribution is 2.23. The summed E-state index contributed by atoms with van der Waals surface area (Å²) in [5.41, 5.74) is 0.873. The number of amides is 1. The molecule has 1 rings (SSSR count). The second-order valence-corrected chi connectivity index (χ2v) is 5.38. The molecule has 1 amide bonds. The SMILES string of the molecule is COc1ccc(NC(=O)OC(C)(C)C)cc1CCN=C=O. The van der Waals surface area contributed by atoms with Crippen LogP contribution in [0, 0.1) is 0 Å². The van der Waals surface area contributed by atoms with Crippen molar-refractivity contribution in [2.45, 2.75) is 32.8 Å². The normalized spacial score (nSPS) is 10.5. The summed E-state index contributed by atoms with van der Waals surface area (Å²) in [7, 11) is 1.56. The molecule has 1 N–H and O–H groups in total. The third kappa shape index (κ3) is 6.10. The van der Waals surface area contributed by atoms with Crippen LogP contribution < -0.4 is 10.1 Å². The van der Waals surface area contributed by atoms with Gasteiger partial charge < -0.3 is 9.47 Å². The summed E-state index contributed by atoms with van der Waals surface area (Å²) in [5, 5.41) is 2.66. The van der Waals surface area contributed by atoms with E-state index in [4.69, 9.17) is 9.47 Å². The topological polar surface area (TPSA) is 77.0 Å². The first kappa shape index (κ1) is 16.7. The minimum Gasteiger partial charge on any atom is -0.496 e. The predicted octanol–water partition coefficient (Wildman–Crippen LogP) is 2.92. The third-order valence-electron chi connectivity index (χ3n) is 2.48. The van der Waals surface area contributed by atoms with Crippen LogP contribution in [0.25, 0.3) is 0 Å². The number of isocyanates is 1. The fraction of sp³-hybridized carbons (Fsp3) is 0.467. The fourth-order valence-electron chi connectivity index (χ4n) is 1.70. The van der Waals surface area contributed by atoms with Crippen molar-refractivity contribution < 1.29 is 19.1 Å². The molecule has 6 heteroatoms. The van der Waals surface area contributed by atoms with Crippen molar-refractivity contribution in [3.8, 4) is 5.75 Å². The molecule has 0 saturated carbocycles. The summed E-state index contributed by atoms with van der Waals surface area (Å²) >= 11 is 0. The lowest BCUT2D eigenvalue weighted by molar-refractivity contribution is 0.0636. The smallest absolute Gasteiger partial charge is 0.412 e. The molecule has 0 heterocycles. The van der Waals surface area contributed by atoms with Crippen molar-refractivity contribution in [2.24, 2.45) is 4.99 Å². The van der Waals surface area contributed by atoms with Gasteiger partial charge in [0.25, 0.3) is 0 Å². The molecule has 6 nitrogen and oxygen atoms in total. The molecule has 21 heavy (non-hydrogen) atoms. The summed E-state index contributed by atoms with van der Waals surface area (Å²) in [4.78, 5) is 25.3. The lowest BCUT2D eigenvalue weighted by atomic mass is 10.1. The van der Waals surface area contributed by atoms with Crippen LogP contribution in [0.4, 0.5) is 10.5 Å². The maximum absolute atomic E-state index is 11.7. The maximum atomic E-state index is 11.7. The van der Waals surface area contributed by atoms with Gasteiger partial charge in [0.15, 0.2) is 0 Å². The Kier molecular flexibility index (Phi) is 5.93. The molecule has 1 aromatic carbocycles. The van der Waals surface area contributed by atoms with Gasteiger partial charge in [-0.15, -0.1) is 0 Å². The number of carbonyl (C=O) groups excluding carboxylic acids is 2. The zero-order chi connectivity index (χ0) is 15.9. The maximum Gasteiger partial charge on any atom is 0.412 e. The molecule has 0 bridgehead atoms. The van der Waals surface area contributed by atoms with E-state index in [1.54, 1.807) is 46.1 Å². The fourth-order valence-corrected chi connectivity index (χ4v) is 1.70. The number of rotatable bonds is 5. The molecule has 0 saturated heterocycles. The van der Waals surface area contributed by atoms with E-state index in [1.165, 1.54) is 6.08 Å². The van der Waals surface area contributed by atoms with Crippen molar-refractivity contribution in [3.05, 3.63) is 23.8 Å². The number of hydrogen-bond donors (Lipinski definition) is 1. The van der Waals surface area contributed by atoms with E-state index in [2.05, 4.69) is 10.3 Å². The molecule has 1 aromatic rings. The Morgan fingerprint density at radius 1 is 1.38 bits per heavy atom. The zero-order valence-electron chi connectivity index (χ0n) is 12.7. The zero-order valence-corrected chi connectivity index (χ0v) is 12.7. The van der Waals surface area contributed by atoms with Gasteiger partial charge in [-0.05, 0) is 51.0 Å². The molecule has 0 spiro atoms. The van der Waals surface area contributed by atoms with Gasteiger partial charge >= 0.3 is 6.09 Å². The molecule has 0 unspecified atom stereocenters. The summed E-state index contributed by atoms with van der Waals surface area (Å²) in [6.45, 7) is 5.70. The third-order valence-corrected chi connectivity index (χ3v) is 2.48. The largest absolute Gasteiger partial charge is 0.496 e.